The summed E-state index contributed by atoms with van der Waals surface area (Å²) in [5.74, 6) is 1.20. The number of allylic oxidation sites excluding steroid dienone is 1. The molecular formula is C19H18N3+. The Kier molecular flexibility index (Phi) is 2.13. The lowest BCUT2D eigenvalue weighted by Crippen LogP contribution is -2.37. The number of pyridine rings is 1. The molecule has 0 radical (unpaired) electrons. The Bertz CT molecular complexity index is 1010. The normalized spacial score (nSPS) is 15.4. The molecule has 1 aliphatic heterocycles. The van der Waals surface area contributed by atoms with Gasteiger partial charge in [-0.3, -0.25) is 4.57 Å². The van der Waals surface area contributed by atoms with Crippen LogP contribution in [0.15, 0.2) is 35.9 Å². The molecule has 3 aromatic rings. The van der Waals surface area contributed by atoms with Crippen molar-refractivity contribution in [3.63, 3.8) is 0 Å². The van der Waals surface area contributed by atoms with Crippen LogP contribution in [0, 0.1) is 13.8 Å². The summed E-state index contributed by atoms with van der Waals surface area (Å²) in [6, 6.07) is 10.9. The summed E-state index contributed by atoms with van der Waals surface area (Å²) >= 11 is 0. The maximum atomic E-state index is 4.87. The second-order valence-electron chi connectivity index (χ2n) is 6.52. The fourth-order valence-corrected chi connectivity index (χ4v) is 4.04. The number of fused-ring (bicyclic) bond motifs is 6. The van der Waals surface area contributed by atoms with Gasteiger partial charge in [-0.15, -0.1) is 0 Å². The molecule has 0 saturated heterocycles. The first-order valence-corrected chi connectivity index (χ1v) is 7.83. The second-order valence-corrected chi connectivity index (χ2v) is 6.52. The molecule has 1 aliphatic carbocycles. The van der Waals surface area contributed by atoms with Gasteiger partial charge in [-0.2, -0.15) is 4.57 Å². The molecule has 2 aromatic heterocycles. The van der Waals surface area contributed by atoms with Crippen LogP contribution in [0.4, 0.5) is 0 Å². The molecule has 3 nitrogen and oxygen atoms in total. The van der Waals surface area contributed by atoms with Crippen LogP contribution in [-0.2, 0) is 19.9 Å². The smallest absolute Gasteiger partial charge is 0.233 e. The van der Waals surface area contributed by atoms with Gasteiger partial charge in [0, 0.05) is 31.4 Å². The van der Waals surface area contributed by atoms with Crippen molar-refractivity contribution >= 4 is 16.7 Å². The maximum absolute atomic E-state index is 4.87. The van der Waals surface area contributed by atoms with E-state index in [1.165, 1.54) is 45.1 Å². The molecule has 0 bridgehead atoms. The number of benzene rings is 1. The van der Waals surface area contributed by atoms with E-state index in [0.717, 1.165) is 18.4 Å². The number of imidazole rings is 1. The van der Waals surface area contributed by atoms with Crippen LogP contribution >= 0.6 is 0 Å². The van der Waals surface area contributed by atoms with Crippen LogP contribution in [0.3, 0.4) is 0 Å². The molecule has 22 heavy (non-hydrogen) atoms. The van der Waals surface area contributed by atoms with Gasteiger partial charge in [0.05, 0.1) is 11.0 Å². The Labute approximate surface area is 129 Å². The summed E-state index contributed by atoms with van der Waals surface area (Å²) in [6.45, 7) is 4.36. The van der Waals surface area contributed by atoms with Crippen LogP contribution in [0.2, 0.25) is 0 Å². The highest BCUT2D eigenvalue weighted by Crippen LogP contribution is 2.41. The van der Waals surface area contributed by atoms with Crippen LogP contribution in [0.1, 0.15) is 28.3 Å². The fraction of sp³-hybridized carbons (Fsp3) is 0.263. The van der Waals surface area contributed by atoms with Gasteiger partial charge in [-0.25, -0.2) is 4.98 Å². The van der Waals surface area contributed by atoms with Gasteiger partial charge in [0.25, 0.3) is 0 Å². The number of aromatic nitrogens is 3. The zero-order valence-electron chi connectivity index (χ0n) is 13.1. The third-order valence-corrected chi connectivity index (χ3v) is 5.20. The summed E-state index contributed by atoms with van der Waals surface area (Å²) in [4.78, 5) is 4.87. The molecule has 2 aliphatic rings. The molecule has 0 fully saturated rings. The van der Waals surface area contributed by atoms with Crippen molar-refractivity contribution in [3.05, 3.63) is 64.2 Å². The standard InChI is InChI=1S/C19H18N3/c1-11-5-4-6-15-17(11)22-16(20-15)10-14-9-13-8-7-12(2)21(3)18(13)19(14)22/h4-8H,9-10H2,1-3H3/q+1. The van der Waals surface area contributed by atoms with Crippen molar-refractivity contribution in [2.24, 2.45) is 7.05 Å². The van der Waals surface area contributed by atoms with Crippen molar-refractivity contribution in [3.8, 4) is 0 Å². The Morgan fingerprint density at radius 1 is 1.09 bits per heavy atom. The van der Waals surface area contributed by atoms with E-state index in [-0.39, 0.29) is 0 Å². The lowest BCUT2D eigenvalue weighted by Gasteiger charge is -2.09. The Morgan fingerprint density at radius 3 is 2.82 bits per heavy atom. The predicted molar refractivity (Wildman–Crippen MR) is 86.6 cm³/mol. The van der Waals surface area contributed by atoms with E-state index in [1.807, 2.05) is 0 Å². The topological polar surface area (TPSA) is 21.7 Å². The average molecular weight is 288 g/mol. The van der Waals surface area contributed by atoms with Gasteiger partial charge in [0.1, 0.15) is 18.6 Å². The summed E-state index contributed by atoms with van der Waals surface area (Å²) in [5.41, 5.74) is 10.7. The van der Waals surface area contributed by atoms with Crippen LogP contribution in [0.5, 0.6) is 0 Å². The number of nitrogens with zero attached hydrogens (tertiary/aromatic N) is 3. The first-order valence-electron chi connectivity index (χ1n) is 7.83. The summed E-state index contributed by atoms with van der Waals surface area (Å²) in [7, 11) is 2.17. The van der Waals surface area contributed by atoms with Gasteiger partial charge < -0.3 is 0 Å². The molecule has 3 heteroatoms. The SMILES string of the molecule is Cc1cccc2nc3n(c12)C1=C(Cc2ccc(C)[n+](C)c21)C3. The number of para-hydroxylation sites is 1. The van der Waals surface area contributed by atoms with E-state index in [2.05, 4.69) is 60.4 Å². The van der Waals surface area contributed by atoms with E-state index in [1.54, 1.807) is 0 Å². The molecule has 1 aromatic carbocycles. The molecule has 0 amide bonds. The zero-order chi connectivity index (χ0) is 15.0. The van der Waals surface area contributed by atoms with E-state index in [0.29, 0.717) is 0 Å². The van der Waals surface area contributed by atoms with Crippen molar-refractivity contribution < 1.29 is 4.57 Å². The minimum atomic E-state index is 0.983. The molecule has 0 spiro atoms. The summed E-state index contributed by atoms with van der Waals surface area (Å²) in [6.07, 6.45) is 2.05. The van der Waals surface area contributed by atoms with Crippen molar-refractivity contribution in [2.45, 2.75) is 26.7 Å². The lowest BCUT2D eigenvalue weighted by atomic mass is 10.1. The highest BCUT2D eigenvalue weighted by Gasteiger charge is 2.38. The molecular weight excluding hydrogens is 270 g/mol. The molecule has 0 atom stereocenters. The van der Waals surface area contributed by atoms with Crippen molar-refractivity contribution in [1.82, 2.24) is 9.55 Å². The van der Waals surface area contributed by atoms with Gasteiger partial charge >= 0.3 is 0 Å². The lowest BCUT2D eigenvalue weighted by molar-refractivity contribution is -0.680. The first kappa shape index (κ1) is 12.2. The monoisotopic (exact) mass is 288 g/mol. The number of hydrogen-bond donors (Lipinski definition) is 0. The Morgan fingerprint density at radius 2 is 1.95 bits per heavy atom. The van der Waals surface area contributed by atoms with E-state index in [4.69, 9.17) is 4.98 Å². The van der Waals surface area contributed by atoms with Crippen LogP contribution in [-0.4, -0.2) is 9.55 Å². The van der Waals surface area contributed by atoms with Gasteiger partial charge in [0.15, 0.2) is 5.69 Å². The molecule has 0 N–H and O–H groups in total. The maximum Gasteiger partial charge on any atom is 0.233 e. The minimum absolute atomic E-state index is 0.983. The van der Waals surface area contributed by atoms with Crippen molar-refractivity contribution in [2.75, 3.05) is 0 Å². The third-order valence-electron chi connectivity index (χ3n) is 5.20. The fourth-order valence-electron chi connectivity index (χ4n) is 4.04. The molecule has 5 rings (SSSR count). The average Bonchev–Trinajstić information content (AvgIpc) is 3.10. The van der Waals surface area contributed by atoms with Gasteiger partial charge in [-0.05, 0) is 30.2 Å². The largest absolute Gasteiger partial charge is 0.290 e. The first-order chi connectivity index (χ1) is 10.6. The third kappa shape index (κ3) is 1.32. The van der Waals surface area contributed by atoms with E-state index < -0.39 is 0 Å². The highest BCUT2D eigenvalue weighted by molar-refractivity contribution is 5.89. The van der Waals surface area contributed by atoms with Gasteiger partial charge in [0.2, 0.25) is 5.69 Å². The number of hydrogen-bond acceptors (Lipinski definition) is 1. The Balaban J connectivity index is 1.88. The molecule has 3 heterocycles. The highest BCUT2D eigenvalue weighted by atomic mass is 15.1. The number of aryl methyl sites for hydroxylation is 2. The predicted octanol–water partition coefficient (Wildman–Crippen LogP) is 2.85. The zero-order valence-corrected chi connectivity index (χ0v) is 13.1. The van der Waals surface area contributed by atoms with Gasteiger partial charge in [-0.1, -0.05) is 12.1 Å². The minimum Gasteiger partial charge on any atom is -0.290 e. The van der Waals surface area contributed by atoms with Crippen LogP contribution in [0.25, 0.3) is 16.7 Å². The molecule has 108 valence electrons. The number of rotatable bonds is 0. The van der Waals surface area contributed by atoms with Crippen molar-refractivity contribution in [1.29, 1.82) is 0 Å². The second kappa shape index (κ2) is 3.86. The van der Waals surface area contributed by atoms with E-state index in [9.17, 15) is 0 Å². The van der Waals surface area contributed by atoms with E-state index >= 15 is 0 Å². The summed E-state index contributed by atoms with van der Waals surface area (Å²) in [5, 5.41) is 0. The molecule has 0 unspecified atom stereocenters. The summed E-state index contributed by atoms with van der Waals surface area (Å²) < 4.78 is 4.74. The van der Waals surface area contributed by atoms with Crippen LogP contribution < -0.4 is 4.57 Å². The quantitative estimate of drug-likeness (QED) is 0.583. The molecule has 0 saturated carbocycles. The Hall–Kier alpha value is -2.42.